The Hall–Kier alpha value is -1.16. The van der Waals surface area contributed by atoms with Crippen molar-refractivity contribution in [3.05, 3.63) is 18.2 Å². The second kappa shape index (κ2) is 4.61. The number of anilines is 1. The fourth-order valence-electron chi connectivity index (χ4n) is 2.53. The Balaban J connectivity index is 1.67. The van der Waals surface area contributed by atoms with Gasteiger partial charge < -0.3 is 10.6 Å². The summed E-state index contributed by atoms with van der Waals surface area (Å²) < 4.78 is 0. The fourth-order valence-corrected chi connectivity index (χ4v) is 2.53. The van der Waals surface area contributed by atoms with Gasteiger partial charge in [0, 0.05) is 25.0 Å². The molecule has 0 atom stereocenters. The molecule has 92 valence electrons. The first kappa shape index (κ1) is 11.0. The number of nitrogens with zero attached hydrogens (tertiary/aromatic N) is 3. The molecule has 3 rings (SSSR count). The van der Waals surface area contributed by atoms with Gasteiger partial charge in [-0.25, -0.2) is 9.97 Å². The molecular weight excluding hydrogens is 212 g/mol. The van der Waals surface area contributed by atoms with Gasteiger partial charge in [0.15, 0.2) is 0 Å². The second-order valence-corrected chi connectivity index (χ2v) is 5.25. The highest BCUT2D eigenvalue weighted by Crippen LogP contribution is 2.34. The Kier molecular flexibility index (Phi) is 2.97. The van der Waals surface area contributed by atoms with Gasteiger partial charge in [-0.05, 0) is 25.7 Å². The first-order chi connectivity index (χ1) is 8.33. The van der Waals surface area contributed by atoms with E-state index >= 15 is 0 Å². The lowest BCUT2D eigenvalue weighted by atomic mass is 9.85. The van der Waals surface area contributed by atoms with Gasteiger partial charge >= 0.3 is 0 Å². The van der Waals surface area contributed by atoms with E-state index in [1.54, 1.807) is 0 Å². The standard InChI is InChI=1S/C13H20N4/c14-11-4-6-17(7-5-11)12-8-15-13(16-9-12)10-2-1-3-10/h8-11H,1-7,14H2. The number of aromatic nitrogens is 2. The predicted octanol–water partition coefficient (Wildman–Crippen LogP) is 1.67. The van der Waals surface area contributed by atoms with Gasteiger partial charge in [-0.1, -0.05) is 6.42 Å². The van der Waals surface area contributed by atoms with Crippen LogP contribution in [0.3, 0.4) is 0 Å². The third-order valence-corrected chi connectivity index (χ3v) is 4.03. The van der Waals surface area contributed by atoms with Crippen LogP contribution in [0.15, 0.2) is 12.4 Å². The summed E-state index contributed by atoms with van der Waals surface area (Å²) in [5.74, 6) is 1.66. The zero-order valence-electron chi connectivity index (χ0n) is 10.2. The zero-order valence-corrected chi connectivity index (χ0v) is 10.2. The van der Waals surface area contributed by atoms with Crippen molar-refractivity contribution in [3.63, 3.8) is 0 Å². The summed E-state index contributed by atoms with van der Waals surface area (Å²) in [6, 6.07) is 0.376. The third kappa shape index (κ3) is 2.27. The van der Waals surface area contributed by atoms with Crippen molar-refractivity contribution in [1.29, 1.82) is 0 Å². The minimum absolute atomic E-state index is 0.376. The van der Waals surface area contributed by atoms with E-state index in [0.717, 1.165) is 37.4 Å². The second-order valence-electron chi connectivity index (χ2n) is 5.25. The minimum Gasteiger partial charge on any atom is -0.369 e. The van der Waals surface area contributed by atoms with Crippen LogP contribution in [0.1, 0.15) is 43.8 Å². The summed E-state index contributed by atoms with van der Waals surface area (Å²) in [5, 5.41) is 0. The monoisotopic (exact) mass is 232 g/mol. The number of piperidine rings is 1. The summed E-state index contributed by atoms with van der Waals surface area (Å²) >= 11 is 0. The van der Waals surface area contributed by atoms with Crippen LogP contribution in [0.4, 0.5) is 5.69 Å². The van der Waals surface area contributed by atoms with Gasteiger partial charge in [0.25, 0.3) is 0 Å². The maximum absolute atomic E-state index is 5.91. The molecule has 2 aliphatic rings. The molecule has 17 heavy (non-hydrogen) atoms. The van der Waals surface area contributed by atoms with Crippen molar-refractivity contribution in [2.24, 2.45) is 5.73 Å². The summed E-state index contributed by atoms with van der Waals surface area (Å²) in [4.78, 5) is 11.4. The summed E-state index contributed by atoms with van der Waals surface area (Å²) in [5.41, 5.74) is 7.06. The van der Waals surface area contributed by atoms with E-state index in [9.17, 15) is 0 Å². The molecule has 0 aromatic carbocycles. The van der Waals surface area contributed by atoms with Crippen LogP contribution >= 0.6 is 0 Å². The molecule has 1 aliphatic carbocycles. The average molecular weight is 232 g/mol. The fraction of sp³-hybridized carbons (Fsp3) is 0.692. The molecule has 1 saturated heterocycles. The Morgan fingerprint density at radius 3 is 2.24 bits per heavy atom. The van der Waals surface area contributed by atoms with E-state index < -0.39 is 0 Å². The first-order valence-electron chi connectivity index (χ1n) is 6.65. The van der Waals surface area contributed by atoms with E-state index in [1.807, 2.05) is 12.4 Å². The van der Waals surface area contributed by atoms with E-state index in [2.05, 4.69) is 14.9 Å². The number of hydrogen-bond acceptors (Lipinski definition) is 4. The lowest BCUT2D eigenvalue weighted by Gasteiger charge is -2.31. The van der Waals surface area contributed by atoms with Crippen molar-refractivity contribution >= 4 is 5.69 Å². The summed E-state index contributed by atoms with van der Waals surface area (Å²) in [7, 11) is 0. The number of hydrogen-bond donors (Lipinski definition) is 1. The molecule has 0 spiro atoms. The van der Waals surface area contributed by atoms with Crippen LogP contribution in [-0.4, -0.2) is 29.1 Å². The van der Waals surface area contributed by atoms with Gasteiger partial charge in [-0.2, -0.15) is 0 Å². The molecule has 2 heterocycles. The van der Waals surface area contributed by atoms with Crippen molar-refractivity contribution < 1.29 is 0 Å². The van der Waals surface area contributed by atoms with Gasteiger partial charge in [0.1, 0.15) is 5.82 Å². The van der Waals surface area contributed by atoms with Gasteiger partial charge in [-0.15, -0.1) is 0 Å². The van der Waals surface area contributed by atoms with Crippen molar-refractivity contribution in [3.8, 4) is 0 Å². The molecule has 0 radical (unpaired) electrons. The maximum atomic E-state index is 5.91. The summed E-state index contributed by atoms with van der Waals surface area (Å²) in [6.45, 7) is 2.07. The van der Waals surface area contributed by atoms with E-state index in [1.165, 1.54) is 19.3 Å². The molecule has 0 amide bonds. The Labute approximate surface area is 102 Å². The first-order valence-corrected chi connectivity index (χ1v) is 6.65. The molecule has 1 aromatic heterocycles. The molecule has 4 heteroatoms. The molecule has 1 saturated carbocycles. The van der Waals surface area contributed by atoms with Crippen LogP contribution in [-0.2, 0) is 0 Å². The highest BCUT2D eigenvalue weighted by atomic mass is 15.2. The van der Waals surface area contributed by atoms with Gasteiger partial charge in [-0.3, -0.25) is 0 Å². The lowest BCUT2D eigenvalue weighted by Crippen LogP contribution is -2.39. The van der Waals surface area contributed by atoms with E-state index in [0.29, 0.717) is 12.0 Å². The van der Waals surface area contributed by atoms with E-state index in [-0.39, 0.29) is 0 Å². The molecule has 0 unspecified atom stereocenters. The summed E-state index contributed by atoms with van der Waals surface area (Å²) in [6.07, 6.45) is 9.97. The quantitative estimate of drug-likeness (QED) is 0.842. The molecule has 0 bridgehead atoms. The van der Waals surface area contributed by atoms with Gasteiger partial charge in [0.2, 0.25) is 0 Å². The lowest BCUT2D eigenvalue weighted by molar-refractivity contribution is 0.401. The van der Waals surface area contributed by atoms with Gasteiger partial charge in [0.05, 0.1) is 18.1 Å². The molecule has 1 aromatic rings. The SMILES string of the molecule is NC1CCN(c2cnc(C3CCC3)nc2)CC1. The Bertz CT molecular complexity index is 364. The minimum atomic E-state index is 0.376. The Morgan fingerprint density at radius 1 is 1.06 bits per heavy atom. The molecule has 4 nitrogen and oxygen atoms in total. The van der Waals surface area contributed by atoms with Crippen LogP contribution in [0.25, 0.3) is 0 Å². The molecule has 1 aliphatic heterocycles. The third-order valence-electron chi connectivity index (χ3n) is 4.03. The smallest absolute Gasteiger partial charge is 0.131 e. The van der Waals surface area contributed by atoms with Crippen molar-refractivity contribution in [2.75, 3.05) is 18.0 Å². The molecule has 2 fully saturated rings. The topological polar surface area (TPSA) is 55.0 Å². The van der Waals surface area contributed by atoms with Crippen LogP contribution in [0.5, 0.6) is 0 Å². The number of rotatable bonds is 2. The largest absolute Gasteiger partial charge is 0.369 e. The van der Waals surface area contributed by atoms with Crippen molar-refractivity contribution in [1.82, 2.24) is 9.97 Å². The zero-order chi connectivity index (χ0) is 11.7. The van der Waals surface area contributed by atoms with Crippen molar-refractivity contribution in [2.45, 2.75) is 44.1 Å². The maximum Gasteiger partial charge on any atom is 0.131 e. The predicted molar refractivity (Wildman–Crippen MR) is 68.0 cm³/mol. The average Bonchev–Trinajstić information content (AvgIpc) is 2.29. The van der Waals surface area contributed by atoms with Crippen LogP contribution in [0, 0.1) is 0 Å². The van der Waals surface area contributed by atoms with Crippen LogP contribution in [0.2, 0.25) is 0 Å². The Morgan fingerprint density at radius 2 is 1.71 bits per heavy atom. The van der Waals surface area contributed by atoms with E-state index in [4.69, 9.17) is 5.73 Å². The number of nitrogens with two attached hydrogens (primary N) is 1. The normalized spacial score (nSPS) is 22.5. The van der Waals surface area contributed by atoms with Crippen LogP contribution < -0.4 is 10.6 Å². The molecule has 2 N–H and O–H groups in total. The highest BCUT2D eigenvalue weighted by Gasteiger charge is 2.22. The molecular formula is C13H20N4. The highest BCUT2D eigenvalue weighted by molar-refractivity contribution is 5.42.